The van der Waals surface area contributed by atoms with Crippen LogP contribution in [-0.2, 0) is 17.8 Å². The van der Waals surface area contributed by atoms with Gasteiger partial charge in [0, 0.05) is 10.6 Å². The van der Waals surface area contributed by atoms with E-state index >= 15 is 0 Å². The van der Waals surface area contributed by atoms with Crippen molar-refractivity contribution in [3.63, 3.8) is 0 Å². The van der Waals surface area contributed by atoms with Crippen molar-refractivity contribution in [3.8, 4) is 11.5 Å². The molecule has 0 radical (unpaired) electrons. The zero-order valence-electron chi connectivity index (χ0n) is 16.2. The van der Waals surface area contributed by atoms with E-state index in [-0.39, 0.29) is 18.2 Å². The number of hydrogen-bond donors (Lipinski definition) is 2. The van der Waals surface area contributed by atoms with Crippen molar-refractivity contribution in [1.29, 1.82) is 0 Å². The largest absolute Gasteiger partial charge is 0.496 e. The molecule has 0 bridgehead atoms. The zero-order valence-corrected chi connectivity index (χ0v) is 17.0. The second-order valence-electron chi connectivity index (χ2n) is 6.22. The highest BCUT2D eigenvalue weighted by Gasteiger charge is 2.18. The topological polar surface area (TPSA) is 76.7 Å². The van der Waals surface area contributed by atoms with Gasteiger partial charge in [-0.25, -0.2) is 0 Å². The maximum Gasteiger partial charge on any atom is 0.263 e. The van der Waals surface area contributed by atoms with Crippen molar-refractivity contribution < 1.29 is 19.1 Å². The third-order valence-electron chi connectivity index (χ3n) is 4.27. The maximum atomic E-state index is 12.7. The minimum Gasteiger partial charge on any atom is -0.496 e. The molecule has 3 aromatic rings. The lowest BCUT2D eigenvalue weighted by Gasteiger charge is -2.13. The third kappa shape index (κ3) is 5.36. The molecule has 0 aliphatic rings. The van der Waals surface area contributed by atoms with Crippen molar-refractivity contribution in [3.05, 3.63) is 76.0 Å². The second kappa shape index (κ2) is 9.75. The van der Waals surface area contributed by atoms with Crippen LogP contribution in [0.15, 0.2) is 60.0 Å². The van der Waals surface area contributed by atoms with Crippen LogP contribution in [0.4, 0.5) is 5.69 Å². The van der Waals surface area contributed by atoms with Gasteiger partial charge in [0.1, 0.15) is 17.1 Å². The van der Waals surface area contributed by atoms with Crippen molar-refractivity contribution in [1.82, 2.24) is 5.32 Å². The number of nitrogens with one attached hydrogen (secondary N) is 2. The molecule has 0 fully saturated rings. The normalized spacial score (nSPS) is 10.3. The summed E-state index contributed by atoms with van der Waals surface area (Å²) in [5, 5.41) is 7.72. The monoisotopic (exact) mass is 410 g/mol. The van der Waals surface area contributed by atoms with Gasteiger partial charge >= 0.3 is 0 Å². The number of anilines is 1. The Bertz CT molecular complexity index is 947. The average molecular weight is 410 g/mol. The number of benzene rings is 2. The van der Waals surface area contributed by atoms with E-state index in [1.54, 1.807) is 41.7 Å². The van der Waals surface area contributed by atoms with E-state index in [0.717, 1.165) is 10.4 Å². The second-order valence-corrected chi connectivity index (χ2v) is 7.25. The van der Waals surface area contributed by atoms with Gasteiger partial charge in [0.05, 0.1) is 27.2 Å². The molecular formula is C22H22N2O4S. The van der Waals surface area contributed by atoms with Crippen LogP contribution in [0.5, 0.6) is 11.5 Å². The summed E-state index contributed by atoms with van der Waals surface area (Å²) in [4.78, 5) is 25.9. The number of amides is 2. The molecule has 2 amide bonds. The highest BCUT2D eigenvalue weighted by molar-refractivity contribution is 7.09. The molecule has 0 aliphatic carbocycles. The fourth-order valence-corrected chi connectivity index (χ4v) is 3.47. The van der Waals surface area contributed by atoms with E-state index < -0.39 is 0 Å². The van der Waals surface area contributed by atoms with Gasteiger partial charge in [0.15, 0.2) is 0 Å². The summed E-state index contributed by atoms with van der Waals surface area (Å²) in [5.74, 6) is 0.483. The van der Waals surface area contributed by atoms with Crippen LogP contribution in [0.3, 0.4) is 0 Å². The van der Waals surface area contributed by atoms with Crippen LogP contribution in [0.25, 0.3) is 0 Å². The maximum absolute atomic E-state index is 12.7. The first-order chi connectivity index (χ1) is 14.1. The lowest BCUT2D eigenvalue weighted by Crippen LogP contribution is -2.24. The average Bonchev–Trinajstić information content (AvgIpc) is 3.26. The SMILES string of the molecule is COc1cccc(OC)c1C(=O)Nc1ccc(CC(=O)NCc2cccs2)cc1. The first-order valence-electron chi connectivity index (χ1n) is 9.01. The lowest BCUT2D eigenvalue weighted by atomic mass is 10.1. The molecule has 1 aromatic heterocycles. The highest BCUT2D eigenvalue weighted by atomic mass is 32.1. The molecular weight excluding hydrogens is 388 g/mol. The summed E-state index contributed by atoms with van der Waals surface area (Å²) < 4.78 is 10.5. The summed E-state index contributed by atoms with van der Waals surface area (Å²) in [7, 11) is 3.01. The Morgan fingerprint density at radius 1 is 0.931 bits per heavy atom. The van der Waals surface area contributed by atoms with Gasteiger partial charge < -0.3 is 20.1 Å². The molecule has 0 saturated carbocycles. The first-order valence-corrected chi connectivity index (χ1v) is 9.89. The quantitative estimate of drug-likeness (QED) is 0.591. The number of carbonyl (C=O) groups excluding carboxylic acids is 2. The van der Waals surface area contributed by atoms with Gasteiger partial charge in [-0.3, -0.25) is 9.59 Å². The molecule has 6 nitrogen and oxygen atoms in total. The molecule has 29 heavy (non-hydrogen) atoms. The standard InChI is InChI=1S/C22H22N2O4S/c1-27-18-6-3-7-19(28-2)21(18)22(26)24-16-10-8-15(9-11-16)13-20(25)23-14-17-5-4-12-29-17/h3-12H,13-14H2,1-2H3,(H,23,25)(H,24,26). The Balaban J connectivity index is 1.60. The fraction of sp³-hybridized carbons (Fsp3) is 0.182. The summed E-state index contributed by atoms with van der Waals surface area (Å²) in [6.45, 7) is 0.533. The number of ether oxygens (including phenoxy) is 2. The number of rotatable bonds is 8. The summed E-state index contributed by atoms with van der Waals surface area (Å²) >= 11 is 1.61. The molecule has 0 saturated heterocycles. The van der Waals surface area contributed by atoms with Gasteiger partial charge in [0.2, 0.25) is 5.91 Å². The van der Waals surface area contributed by atoms with Crippen molar-refractivity contribution >= 4 is 28.8 Å². The van der Waals surface area contributed by atoms with Crippen LogP contribution in [0, 0.1) is 0 Å². The molecule has 0 atom stereocenters. The number of carbonyl (C=O) groups is 2. The van der Waals surface area contributed by atoms with Crippen molar-refractivity contribution in [2.24, 2.45) is 0 Å². The van der Waals surface area contributed by atoms with E-state index in [4.69, 9.17) is 9.47 Å². The number of thiophene rings is 1. The molecule has 7 heteroatoms. The third-order valence-corrected chi connectivity index (χ3v) is 5.15. The summed E-state index contributed by atoms with van der Waals surface area (Å²) in [6.07, 6.45) is 0.278. The fourth-order valence-electron chi connectivity index (χ4n) is 2.82. The Hall–Kier alpha value is -3.32. The van der Waals surface area contributed by atoms with Crippen LogP contribution >= 0.6 is 11.3 Å². The van der Waals surface area contributed by atoms with Crippen LogP contribution in [0.1, 0.15) is 20.8 Å². The Kier molecular flexibility index (Phi) is 6.86. The van der Waals surface area contributed by atoms with Crippen LogP contribution in [0.2, 0.25) is 0 Å². The molecule has 0 aliphatic heterocycles. The number of hydrogen-bond acceptors (Lipinski definition) is 5. The highest BCUT2D eigenvalue weighted by Crippen LogP contribution is 2.29. The first kappa shape index (κ1) is 20.4. The zero-order chi connectivity index (χ0) is 20.6. The molecule has 2 aromatic carbocycles. The molecule has 2 N–H and O–H groups in total. The predicted octanol–water partition coefficient (Wildman–Crippen LogP) is 3.88. The molecule has 3 rings (SSSR count). The van der Waals surface area contributed by atoms with Crippen LogP contribution in [-0.4, -0.2) is 26.0 Å². The van der Waals surface area contributed by atoms with E-state index in [2.05, 4.69) is 10.6 Å². The van der Waals surface area contributed by atoms with E-state index in [1.807, 2.05) is 29.6 Å². The van der Waals surface area contributed by atoms with E-state index in [1.165, 1.54) is 14.2 Å². The number of methoxy groups -OCH3 is 2. The predicted molar refractivity (Wildman–Crippen MR) is 114 cm³/mol. The Morgan fingerprint density at radius 3 is 2.21 bits per heavy atom. The molecule has 0 unspecified atom stereocenters. The van der Waals surface area contributed by atoms with Gasteiger partial charge in [-0.05, 0) is 41.3 Å². The lowest BCUT2D eigenvalue weighted by molar-refractivity contribution is -0.120. The van der Waals surface area contributed by atoms with E-state index in [9.17, 15) is 9.59 Å². The summed E-state index contributed by atoms with van der Waals surface area (Å²) in [5.41, 5.74) is 1.81. The van der Waals surface area contributed by atoms with E-state index in [0.29, 0.717) is 29.3 Å². The Morgan fingerprint density at radius 2 is 1.62 bits per heavy atom. The molecule has 150 valence electrons. The van der Waals surface area contributed by atoms with Gasteiger partial charge in [0.25, 0.3) is 5.91 Å². The molecule has 1 heterocycles. The minimum absolute atomic E-state index is 0.0473. The van der Waals surface area contributed by atoms with Gasteiger partial charge in [-0.1, -0.05) is 24.3 Å². The summed E-state index contributed by atoms with van der Waals surface area (Å²) in [6, 6.07) is 16.3. The minimum atomic E-state index is -0.333. The Labute approximate surface area is 173 Å². The van der Waals surface area contributed by atoms with Gasteiger partial charge in [-0.2, -0.15) is 0 Å². The smallest absolute Gasteiger partial charge is 0.263 e. The van der Waals surface area contributed by atoms with Gasteiger partial charge in [-0.15, -0.1) is 11.3 Å². The van der Waals surface area contributed by atoms with Crippen molar-refractivity contribution in [2.45, 2.75) is 13.0 Å². The van der Waals surface area contributed by atoms with Crippen molar-refractivity contribution in [2.75, 3.05) is 19.5 Å². The van der Waals surface area contributed by atoms with Crippen LogP contribution < -0.4 is 20.1 Å². The molecule has 0 spiro atoms.